The fourth-order valence-corrected chi connectivity index (χ4v) is 7.14. The summed E-state index contributed by atoms with van der Waals surface area (Å²) in [7, 11) is -3.89. The minimum atomic E-state index is -3.89. The Morgan fingerprint density at radius 3 is 2.28 bits per heavy atom. The standard InChI is InChI=1S/C23H27ClN2O5S/c1-22(23(2)30-14-15-31-23)19-16-17(24)8-9-20(19)26(21(22)25-10-12-29-13-11-25)32(27,28)18-6-4-3-5-7-18/h3-9,16,21H,10-15H2,1-2H3. The zero-order chi connectivity index (χ0) is 22.6. The molecule has 2 atom stereocenters. The molecule has 2 saturated heterocycles. The Morgan fingerprint density at radius 1 is 0.969 bits per heavy atom. The first-order chi connectivity index (χ1) is 15.3. The van der Waals surface area contributed by atoms with Gasteiger partial charge >= 0.3 is 0 Å². The van der Waals surface area contributed by atoms with Crippen LogP contribution in [0.4, 0.5) is 5.69 Å². The number of anilines is 1. The average Bonchev–Trinajstić information content (AvgIpc) is 3.37. The first-order valence-corrected chi connectivity index (χ1v) is 12.6. The summed E-state index contributed by atoms with van der Waals surface area (Å²) >= 11 is 6.43. The van der Waals surface area contributed by atoms with Crippen molar-refractivity contribution in [3.8, 4) is 0 Å². The maximum absolute atomic E-state index is 14.1. The van der Waals surface area contributed by atoms with Crippen molar-refractivity contribution < 1.29 is 22.6 Å². The SMILES string of the molecule is CC1(C2(C)c3cc(Cl)ccc3N(S(=O)(=O)c3ccccc3)C2N2CCOCC2)OCCO1. The van der Waals surface area contributed by atoms with Crippen LogP contribution in [0.3, 0.4) is 0 Å². The van der Waals surface area contributed by atoms with Gasteiger partial charge in [0.25, 0.3) is 10.0 Å². The lowest BCUT2D eigenvalue weighted by Crippen LogP contribution is -2.65. The summed E-state index contributed by atoms with van der Waals surface area (Å²) in [5.74, 6) is -1.03. The fourth-order valence-electron chi connectivity index (χ4n) is 5.22. The van der Waals surface area contributed by atoms with E-state index < -0.39 is 27.4 Å². The van der Waals surface area contributed by atoms with Gasteiger partial charge in [0.05, 0.1) is 42.4 Å². The van der Waals surface area contributed by atoms with Gasteiger partial charge in [0.2, 0.25) is 0 Å². The van der Waals surface area contributed by atoms with E-state index >= 15 is 0 Å². The summed E-state index contributed by atoms with van der Waals surface area (Å²) in [6, 6.07) is 13.9. The largest absolute Gasteiger partial charge is 0.379 e. The van der Waals surface area contributed by atoms with E-state index in [9.17, 15) is 8.42 Å². The van der Waals surface area contributed by atoms with Crippen LogP contribution in [0.15, 0.2) is 53.4 Å². The van der Waals surface area contributed by atoms with Crippen molar-refractivity contribution in [2.24, 2.45) is 0 Å². The van der Waals surface area contributed by atoms with Crippen molar-refractivity contribution in [1.82, 2.24) is 4.90 Å². The van der Waals surface area contributed by atoms with E-state index in [4.69, 9.17) is 25.8 Å². The summed E-state index contributed by atoms with van der Waals surface area (Å²) in [6.45, 7) is 7.07. The number of hydrogen-bond acceptors (Lipinski definition) is 6. The van der Waals surface area contributed by atoms with Crippen molar-refractivity contribution in [3.63, 3.8) is 0 Å². The zero-order valence-electron chi connectivity index (χ0n) is 18.2. The number of hydrogen-bond donors (Lipinski definition) is 0. The first-order valence-electron chi connectivity index (χ1n) is 10.8. The molecule has 3 heterocycles. The zero-order valence-corrected chi connectivity index (χ0v) is 19.7. The van der Waals surface area contributed by atoms with E-state index in [-0.39, 0.29) is 4.90 Å². The quantitative estimate of drug-likeness (QED) is 0.672. The lowest BCUT2D eigenvalue weighted by atomic mass is 9.74. The van der Waals surface area contributed by atoms with Crippen molar-refractivity contribution in [2.45, 2.75) is 36.1 Å². The number of ether oxygens (including phenoxy) is 3. The molecule has 3 aliphatic rings. The van der Waals surface area contributed by atoms with E-state index in [0.29, 0.717) is 50.2 Å². The van der Waals surface area contributed by atoms with Crippen LogP contribution in [0.2, 0.25) is 5.02 Å². The summed E-state index contributed by atoms with van der Waals surface area (Å²) in [5, 5.41) is 0.538. The Hall–Kier alpha value is -1.68. The van der Waals surface area contributed by atoms with Crippen molar-refractivity contribution in [3.05, 3.63) is 59.1 Å². The molecule has 9 heteroatoms. The Morgan fingerprint density at radius 2 is 1.62 bits per heavy atom. The molecule has 172 valence electrons. The van der Waals surface area contributed by atoms with Gasteiger partial charge in [-0.1, -0.05) is 29.8 Å². The van der Waals surface area contributed by atoms with Gasteiger partial charge in [0.1, 0.15) is 6.17 Å². The Kier molecular flexibility index (Phi) is 5.51. The number of rotatable bonds is 4. The van der Waals surface area contributed by atoms with Crippen LogP contribution in [-0.2, 0) is 29.6 Å². The third-order valence-electron chi connectivity index (χ3n) is 6.97. The highest BCUT2D eigenvalue weighted by Gasteiger charge is 2.65. The van der Waals surface area contributed by atoms with E-state index in [1.54, 1.807) is 36.4 Å². The second kappa shape index (κ2) is 7.97. The molecular formula is C23H27ClN2O5S. The molecule has 3 aliphatic heterocycles. The highest BCUT2D eigenvalue weighted by molar-refractivity contribution is 7.92. The Balaban J connectivity index is 1.77. The van der Waals surface area contributed by atoms with Crippen molar-refractivity contribution >= 4 is 27.3 Å². The van der Waals surface area contributed by atoms with Gasteiger partial charge in [-0.25, -0.2) is 12.7 Å². The number of fused-ring (bicyclic) bond motifs is 1. The molecule has 2 aromatic rings. The molecule has 0 spiro atoms. The van der Waals surface area contributed by atoms with Gasteiger partial charge in [-0.15, -0.1) is 0 Å². The highest BCUT2D eigenvalue weighted by atomic mass is 35.5. The predicted molar refractivity (Wildman–Crippen MR) is 121 cm³/mol. The van der Waals surface area contributed by atoms with Crippen molar-refractivity contribution in [1.29, 1.82) is 0 Å². The molecule has 0 amide bonds. The number of sulfonamides is 1. The minimum Gasteiger partial charge on any atom is -0.379 e. The second-order valence-corrected chi connectivity index (χ2v) is 10.9. The minimum absolute atomic E-state index is 0.238. The smallest absolute Gasteiger partial charge is 0.265 e. The Labute approximate surface area is 193 Å². The normalized spacial score (nSPS) is 28.1. The molecule has 2 aromatic carbocycles. The molecule has 0 N–H and O–H groups in total. The molecule has 5 rings (SSSR count). The number of nitrogens with zero attached hydrogens (tertiary/aromatic N) is 2. The lowest BCUT2D eigenvalue weighted by Gasteiger charge is -2.49. The molecule has 0 aromatic heterocycles. The van der Waals surface area contributed by atoms with E-state index in [0.717, 1.165) is 5.56 Å². The van der Waals surface area contributed by atoms with Crippen LogP contribution in [0, 0.1) is 0 Å². The predicted octanol–water partition coefficient (Wildman–Crippen LogP) is 3.23. The average molecular weight is 479 g/mol. The van der Waals surface area contributed by atoms with E-state index in [1.165, 1.54) is 4.31 Å². The molecule has 7 nitrogen and oxygen atoms in total. The highest BCUT2D eigenvalue weighted by Crippen LogP contribution is 2.56. The molecular weight excluding hydrogens is 452 g/mol. The van der Waals surface area contributed by atoms with Crippen LogP contribution >= 0.6 is 11.6 Å². The maximum atomic E-state index is 14.1. The molecule has 0 saturated carbocycles. The van der Waals surface area contributed by atoms with Gasteiger partial charge in [-0.2, -0.15) is 0 Å². The van der Waals surface area contributed by atoms with Gasteiger partial charge in [0.15, 0.2) is 5.79 Å². The van der Waals surface area contributed by atoms with Crippen LogP contribution in [0.5, 0.6) is 0 Å². The van der Waals surface area contributed by atoms with Crippen LogP contribution in [0.25, 0.3) is 0 Å². The lowest BCUT2D eigenvalue weighted by molar-refractivity contribution is -0.206. The third kappa shape index (κ3) is 3.20. The van der Waals surface area contributed by atoms with Gasteiger partial charge in [0, 0.05) is 18.1 Å². The maximum Gasteiger partial charge on any atom is 0.265 e. The van der Waals surface area contributed by atoms with Gasteiger partial charge < -0.3 is 14.2 Å². The van der Waals surface area contributed by atoms with Gasteiger partial charge in [-0.3, -0.25) is 4.90 Å². The molecule has 0 bridgehead atoms. The third-order valence-corrected chi connectivity index (χ3v) is 8.98. The molecule has 0 radical (unpaired) electrons. The summed E-state index contributed by atoms with van der Waals surface area (Å²) < 4.78 is 47.6. The Bertz CT molecular complexity index is 1100. The monoisotopic (exact) mass is 478 g/mol. The molecule has 2 unspecified atom stereocenters. The van der Waals surface area contributed by atoms with Crippen LogP contribution in [-0.4, -0.2) is 64.8 Å². The fraction of sp³-hybridized carbons (Fsp3) is 0.478. The number of morpholine rings is 1. The summed E-state index contributed by atoms with van der Waals surface area (Å²) in [4.78, 5) is 2.40. The van der Waals surface area contributed by atoms with E-state index in [2.05, 4.69) is 4.90 Å². The topological polar surface area (TPSA) is 68.3 Å². The summed E-state index contributed by atoms with van der Waals surface area (Å²) in [6.07, 6.45) is -0.576. The van der Waals surface area contributed by atoms with Crippen molar-refractivity contribution in [2.75, 3.05) is 43.8 Å². The molecule has 32 heavy (non-hydrogen) atoms. The summed E-state index contributed by atoms with van der Waals surface area (Å²) in [5.41, 5.74) is 0.547. The van der Waals surface area contributed by atoms with E-state index in [1.807, 2.05) is 26.0 Å². The number of benzene rings is 2. The molecule has 2 fully saturated rings. The first kappa shape index (κ1) is 22.1. The van der Waals surface area contributed by atoms with Gasteiger partial charge in [-0.05, 0) is 49.7 Å². The second-order valence-electron chi connectivity index (χ2n) is 8.64. The van der Waals surface area contributed by atoms with Crippen LogP contribution in [0.1, 0.15) is 19.4 Å². The van der Waals surface area contributed by atoms with Crippen LogP contribution < -0.4 is 4.31 Å². The number of halogens is 1. The molecule has 0 aliphatic carbocycles.